The maximum absolute atomic E-state index is 12.1. The Hall–Kier alpha value is -3.19. The maximum atomic E-state index is 12.1. The molecule has 1 aromatic heterocycles. The monoisotopic (exact) mass is 427 g/mol. The Kier molecular flexibility index (Phi) is 5.83. The lowest BCUT2D eigenvalue weighted by molar-refractivity contribution is 0.0475. The van der Waals surface area contributed by atoms with Crippen LogP contribution in [0.3, 0.4) is 0 Å². The summed E-state index contributed by atoms with van der Waals surface area (Å²) in [5, 5.41) is 2.64. The van der Waals surface area contributed by atoms with Crippen LogP contribution in [0.15, 0.2) is 75.8 Å². The summed E-state index contributed by atoms with van der Waals surface area (Å²) in [6, 6.07) is 16.1. The van der Waals surface area contributed by atoms with Crippen LogP contribution in [0, 0.1) is 0 Å². The lowest BCUT2D eigenvalue weighted by Gasteiger charge is -2.06. The average molecular weight is 428 g/mol. The van der Waals surface area contributed by atoms with Gasteiger partial charge in [-0.15, -0.1) is 0 Å². The van der Waals surface area contributed by atoms with Gasteiger partial charge in [-0.25, -0.2) is 4.79 Å². The van der Waals surface area contributed by atoms with E-state index in [2.05, 4.69) is 21.2 Å². The first kappa shape index (κ1) is 18.6. The summed E-state index contributed by atoms with van der Waals surface area (Å²) in [6.07, 6.45) is 1.41. The molecule has 6 nitrogen and oxygen atoms in total. The summed E-state index contributed by atoms with van der Waals surface area (Å²) in [5.41, 5.74) is 1.23. The number of rotatable bonds is 6. The van der Waals surface area contributed by atoms with Crippen LogP contribution in [0.1, 0.15) is 31.3 Å². The highest BCUT2D eigenvalue weighted by Gasteiger charge is 2.13. The van der Waals surface area contributed by atoms with E-state index in [4.69, 9.17) is 9.15 Å². The second-order valence-electron chi connectivity index (χ2n) is 5.51. The minimum absolute atomic E-state index is 0.185. The highest BCUT2D eigenvalue weighted by molar-refractivity contribution is 9.10. The molecule has 7 heteroatoms. The second kappa shape index (κ2) is 8.46. The summed E-state index contributed by atoms with van der Waals surface area (Å²) in [5.74, 6) is -1.12. The third kappa shape index (κ3) is 4.92. The van der Waals surface area contributed by atoms with E-state index in [1.54, 1.807) is 48.5 Å². The van der Waals surface area contributed by atoms with Gasteiger partial charge in [0, 0.05) is 15.7 Å². The predicted octanol–water partition coefficient (Wildman–Crippen LogP) is 4.33. The summed E-state index contributed by atoms with van der Waals surface area (Å²) in [4.78, 5) is 36.0. The number of carbonyl (C=O) groups excluding carboxylic acids is 3. The fourth-order valence-corrected chi connectivity index (χ4v) is 2.49. The SMILES string of the molecule is O=C(COC(=O)c1ccc(NC(=O)c2ccco2)cc1)c1ccc(Br)cc1. The maximum Gasteiger partial charge on any atom is 0.338 e. The Labute approximate surface area is 163 Å². The Morgan fingerprint density at radius 2 is 1.59 bits per heavy atom. The van der Waals surface area contributed by atoms with Gasteiger partial charge in [-0.3, -0.25) is 9.59 Å². The number of furan rings is 1. The molecule has 0 aliphatic carbocycles. The van der Waals surface area contributed by atoms with E-state index >= 15 is 0 Å². The first-order valence-electron chi connectivity index (χ1n) is 7.94. The Morgan fingerprint density at radius 1 is 0.926 bits per heavy atom. The first-order chi connectivity index (χ1) is 13.0. The molecule has 3 aromatic rings. The molecule has 0 saturated heterocycles. The minimum Gasteiger partial charge on any atom is -0.459 e. The van der Waals surface area contributed by atoms with E-state index in [0.29, 0.717) is 11.3 Å². The summed E-state index contributed by atoms with van der Waals surface area (Å²) in [6.45, 7) is -0.350. The molecule has 0 aliphatic heterocycles. The molecule has 0 spiro atoms. The van der Waals surface area contributed by atoms with Crippen LogP contribution < -0.4 is 5.32 Å². The molecule has 0 bridgehead atoms. The van der Waals surface area contributed by atoms with Crippen molar-refractivity contribution in [2.75, 3.05) is 11.9 Å². The normalized spacial score (nSPS) is 10.3. The van der Waals surface area contributed by atoms with Gasteiger partial charge in [0.2, 0.25) is 0 Å². The number of ketones is 1. The molecule has 27 heavy (non-hydrogen) atoms. The van der Waals surface area contributed by atoms with Gasteiger partial charge >= 0.3 is 5.97 Å². The van der Waals surface area contributed by atoms with Crippen molar-refractivity contribution in [2.45, 2.75) is 0 Å². The van der Waals surface area contributed by atoms with Gasteiger partial charge in [0.1, 0.15) is 0 Å². The van der Waals surface area contributed by atoms with Crippen molar-refractivity contribution in [3.05, 3.63) is 88.3 Å². The number of Topliss-reactive ketones (excluding diaryl/α,β-unsaturated/α-hetero) is 1. The quantitative estimate of drug-likeness (QED) is 0.467. The van der Waals surface area contributed by atoms with Crippen molar-refractivity contribution < 1.29 is 23.5 Å². The largest absolute Gasteiger partial charge is 0.459 e. The minimum atomic E-state index is -0.621. The number of carbonyl (C=O) groups is 3. The third-order valence-electron chi connectivity index (χ3n) is 3.62. The highest BCUT2D eigenvalue weighted by Crippen LogP contribution is 2.14. The van der Waals surface area contributed by atoms with Crippen LogP contribution in [0.4, 0.5) is 5.69 Å². The number of esters is 1. The lowest BCUT2D eigenvalue weighted by atomic mass is 10.1. The topological polar surface area (TPSA) is 85.6 Å². The number of anilines is 1. The number of nitrogens with one attached hydrogen (secondary N) is 1. The molecule has 0 atom stereocenters. The zero-order chi connectivity index (χ0) is 19.2. The van der Waals surface area contributed by atoms with Gasteiger partial charge in [-0.1, -0.05) is 28.1 Å². The molecular weight excluding hydrogens is 414 g/mol. The number of hydrogen-bond donors (Lipinski definition) is 1. The molecule has 136 valence electrons. The van der Waals surface area contributed by atoms with Crippen LogP contribution in [-0.2, 0) is 4.74 Å². The van der Waals surface area contributed by atoms with Gasteiger partial charge in [0.25, 0.3) is 5.91 Å². The molecule has 1 N–H and O–H groups in total. The molecule has 0 radical (unpaired) electrons. The van der Waals surface area contributed by atoms with E-state index in [-0.39, 0.29) is 23.7 Å². The molecule has 0 aliphatic rings. The molecule has 3 rings (SSSR count). The van der Waals surface area contributed by atoms with Gasteiger partial charge < -0.3 is 14.5 Å². The number of hydrogen-bond acceptors (Lipinski definition) is 5. The van der Waals surface area contributed by atoms with Crippen LogP contribution in [-0.4, -0.2) is 24.3 Å². The number of amides is 1. The molecule has 1 heterocycles. The van der Waals surface area contributed by atoms with Crippen LogP contribution in [0.5, 0.6) is 0 Å². The summed E-state index contributed by atoms with van der Waals surface area (Å²) < 4.78 is 10.9. The van der Waals surface area contributed by atoms with E-state index in [0.717, 1.165) is 4.47 Å². The highest BCUT2D eigenvalue weighted by atomic mass is 79.9. The Morgan fingerprint density at radius 3 is 2.22 bits per heavy atom. The van der Waals surface area contributed by atoms with Crippen LogP contribution in [0.2, 0.25) is 0 Å². The molecule has 0 fully saturated rings. The second-order valence-corrected chi connectivity index (χ2v) is 6.43. The van der Waals surface area contributed by atoms with Crippen molar-refractivity contribution in [1.82, 2.24) is 0 Å². The van der Waals surface area contributed by atoms with Crippen LogP contribution in [0.25, 0.3) is 0 Å². The van der Waals surface area contributed by atoms with Crippen molar-refractivity contribution in [2.24, 2.45) is 0 Å². The zero-order valence-electron chi connectivity index (χ0n) is 14.0. The number of benzene rings is 2. The third-order valence-corrected chi connectivity index (χ3v) is 4.15. The molecule has 2 aromatic carbocycles. The van der Waals surface area contributed by atoms with E-state index in [1.807, 2.05) is 0 Å². The molecular formula is C20H14BrNO5. The fraction of sp³-hybridized carbons (Fsp3) is 0.0500. The fourth-order valence-electron chi connectivity index (χ4n) is 2.22. The molecule has 0 unspecified atom stereocenters. The average Bonchev–Trinajstić information content (AvgIpc) is 3.22. The molecule has 0 saturated carbocycles. The summed E-state index contributed by atoms with van der Waals surface area (Å²) >= 11 is 3.29. The van der Waals surface area contributed by atoms with Gasteiger partial charge in [0.15, 0.2) is 18.2 Å². The van der Waals surface area contributed by atoms with E-state index in [9.17, 15) is 14.4 Å². The first-order valence-corrected chi connectivity index (χ1v) is 8.73. The Bertz CT molecular complexity index is 947. The zero-order valence-corrected chi connectivity index (χ0v) is 15.6. The van der Waals surface area contributed by atoms with Crippen molar-refractivity contribution in [3.8, 4) is 0 Å². The van der Waals surface area contributed by atoms with Crippen molar-refractivity contribution in [1.29, 1.82) is 0 Å². The van der Waals surface area contributed by atoms with Gasteiger partial charge in [0.05, 0.1) is 11.8 Å². The smallest absolute Gasteiger partial charge is 0.338 e. The standard InChI is InChI=1S/C20H14BrNO5/c21-15-7-3-13(4-8-15)17(23)12-27-20(25)14-5-9-16(10-6-14)22-19(24)18-2-1-11-26-18/h1-11H,12H2,(H,22,24). The van der Waals surface area contributed by atoms with Crippen LogP contribution >= 0.6 is 15.9 Å². The summed E-state index contributed by atoms with van der Waals surface area (Å²) in [7, 11) is 0. The van der Waals surface area contributed by atoms with Crippen molar-refractivity contribution >= 4 is 39.3 Å². The van der Waals surface area contributed by atoms with E-state index < -0.39 is 11.9 Å². The number of ether oxygens (including phenoxy) is 1. The predicted molar refractivity (Wildman–Crippen MR) is 102 cm³/mol. The van der Waals surface area contributed by atoms with E-state index in [1.165, 1.54) is 18.4 Å². The van der Waals surface area contributed by atoms with Gasteiger partial charge in [-0.05, 0) is 48.5 Å². The van der Waals surface area contributed by atoms with Crippen molar-refractivity contribution in [3.63, 3.8) is 0 Å². The Balaban J connectivity index is 1.55. The lowest BCUT2D eigenvalue weighted by Crippen LogP contribution is -2.14. The van der Waals surface area contributed by atoms with Gasteiger partial charge in [-0.2, -0.15) is 0 Å². The number of halogens is 1. The molecule has 1 amide bonds.